The van der Waals surface area contributed by atoms with Crippen molar-refractivity contribution in [1.29, 1.82) is 0 Å². The van der Waals surface area contributed by atoms with E-state index in [-0.39, 0.29) is 0 Å². The molecule has 2 nitrogen and oxygen atoms in total. The summed E-state index contributed by atoms with van der Waals surface area (Å²) in [4.78, 5) is 7.53. The molecule has 2 aliphatic rings. The molecule has 0 saturated carbocycles. The van der Waals surface area contributed by atoms with E-state index in [1.54, 1.807) is 6.20 Å². The Morgan fingerprint density at radius 2 is 2.15 bits per heavy atom. The van der Waals surface area contributed by atoms with Crippen molar-refractivity contribution in [2.45, 2.75) is 19.3 Å². The number of halogens is 1. The average molecular weight is 301 g/mol. The highest BCUT2D eigenvalue weighted by molar-refractivity contribution is 7.80. The average Bonchev–Trinajstić information content (AvgIpc) is 2.93. The summed E-state index contributed by atoms with van der Waals surface area (Å²) in [6, 6.07) is 6.23. The first-order chi connectivity index (χ1) is 9.75. The van der Waals surface area contributed by atoms with E-state index >= 15 is 0 Å². The van der Waals surface area contributed by atoms with Crippen LogP contribution in [0.2, 0.25) is 5.02 Å². The van der Waals surface area contributed by atoms with Crippen LogP contribution in [0.1, 0.15) is 17.5 Å². The number of aryl methyl sites for hydroxylation is 1. The molecule has 1 aromatic carbocycles. The van der Waals surface area contributed by atoms with E-state index < -0.39 is 0 Å². The van der Waals surface area contributed by atoms with Crippen LogP contribution in [0, 0.1) is 0 Å². The SMILES string of the molecule is S=C1CCc2cc(-c3cccnc3)c(Cl)c3c2N1CC3. The van der Waals surface area contributed by atoms with Gasteiger partial charge in [0.25, 0.3) is 0 Å². The van der Waals surface area contributed by atoms with Gasteiger partial charge in [0, 0.05) is 42.2 Å². The summed E-state index contributed by atoms with van der Waals surface area (Å²) in [5, 5.41) is 0.865. The summed E-state index contributed by atoms with van der Waals surface area (Å²) in [6.45, 7) is 0.970. The summed E-state index contributed by atoms with van der Waals surface area (Å²) in [5.41, 5.74) is 6.09. The van der Waals surface area contributed by atoms with Crippen LogP contribution < -0.4 is 4.90 Å². The van der Waals surface area contributed by atoms with Gasteiger partial charge in [-0.1, -0.05) is 29.9 Å². The van der Waals surface area contributed by atoms with Crippen molar-refractivity contribution in [3.05, 3.63) is 46.7 Å². The fraction of sp³-hybridized carbons (Fsp3) is 0.250. The third-order valence-electron chi connectivity index (χ3n) is 4.15. The Morgan fingerprint density at radius 3 is 2.95 bits per heavy atom. The molecule has 0 radical (unpaired) electrons. The second kappa shape index (κ2) is 4.54. The Morgan fingerprint density at radius 1 is 1.25 bits per heavy atom. The van der Waals surface area contributed by atoms with Gasteiger partial charge in [-0.3, -0.25) is 4.98 Å². The Bertz CT molecular complexity index is 712. The van der Waals surface area contributed by atoms with Crippen molar-refractivity contribution in [2.75, 3.05) is 11.4 Å². The Kier molecular flexibility index (Phi) is 2.79. The monoisotopic (exact) mass is 300 g/mol. The predicted octanol–water partition coefficient (Wildman–Crippen LogP) is 4.04. The van der Waals surface area contributed by atoms with E-state index in [2.05, 4.69) is 22.0 Å². The van der Waals surface area contributed by atoms with Gasteiger partial charge in [0.05, 0.1) is 10.0 Å². The van der Waals surface area contributed by atoms with Gasteiger partial charge in [0.1, 0.15) is 0 Å². The smallest absolute Gasteiger partial charge is 0.0827 e. The molecule has 0 N–H and O–H groups in total. The number of aromatic nitrogens is 1. The molecule has 4 heteroatoms. The summed E-state index contributed by atoms with van der Waals surface area (Å²) in [7, 11) is 0. The highest BCUT2D eigenvalue weighted by Gasteiger charge is 2.31. The van der Waals surface area contributed by atoms with E-state index in [1.807, 2.05) is 12.3 Å². The topological polar surface area (TPSA) is 16.1 Å². The van der Waals surface area contributed by atoms with Crippen molar-refractivity contribution < 1.29 is 0 Å². The normalized spacial score (nSPS) is 16.4. The van der Waals surface area contributed by atoms with Crippen molar-refractivity contribution in [2.24, 2.45) is 0 Å². The lowest BCUT2D eigenvalue weighted by atomic mass is 9.94. The van der Waals surface area contributed by atoms with Crippen LogP contribution in [0.25, 0.3) is 11.1 Å². The molecule has 3 heterocycles. The minimum atomic E-state index is 0.865. The van der Waals surface area contributed by atoms with E-state index in [1.165, 1.54) is 16.8 Å². The maximum absolute atomic E-state index is 6.66. The molecule has 0 fully saturated rings. The maximum Gasteiger partial charge on any atom is 0.0827 e. The molecule has 20 heavy (non-hydrogen) atoms. The minimum Gasteiger partial charge on any atom is -0.335 e. The van der Waals surface area contributed by atoms with Gasteiger partial charge in [-0.05, 0) is 36.1 Å². The first-order valence-electron chi connectivity index (χ1n) is 6.80. The molecular formula is C16H13ClN2S. The van der Waals surface area contributed by atoms with E-state index in [4.69, 9.17) is 23.8 Å². The van der Waals surface area contributed by atoms with Gasteiger partial charge >= 0.3 is 0 Å². The molecule has 0 amide bonds. The van der Waals surface area contributed by atoms with Crippen molar-refractivity contribution in [3.63, 3.8) is 0 Å². The molecule has 100 valence electrons. The second-order valence-electron chi connectivity index (χ2n) is 5.26. The highest BCUT2D eigenvalue weighted by Crippen LogP contribution is 2.45. The van der Waals surface area contributed by atoms with E-state index in [0.717, 1.165) is 46.9 Å². The van der Waals surface area contributed by atoms with Gasteiger partial charge < -0.3 is 4.90 Å². The Labute approximate surface area is 128 Å². The Balaban J connectivity index is 1.95. The zero-order valence-corrected chi connectivity index (χ0v) is 12.5. The number of nitrogens with zero attached hydrogens (tertiary/aromatic N) is 2. The van der Waals surface area contributed by atoms with E-state index in [9.17, 15) is 0 Å². The molecule has 0 unspecified atom stereocenters. The van der Waals surface area contributed by atoms with Crippen LogP contribution >= 0.6 is 23.8 Å². The molecule has 0 atom stereocenters. The number of hydrogen-bond donors (Lipinski definition) is 0. The molecular weight excluding hydrogens is 288 g/mol. The molecule has 0 saturated heterocycles. The molecule has 2 aliphatic heterocycles. The number of thiocarbonyl (C=S) groups is 1. The van der Waals surface area contributed by atoms with Crippen molar-refractivity contribution in [1.82, 2.24) is 4.98 Å². The lowest BCUT2D eigenvalue weighted by Crippen LogP contribution is -2.31. The first-order valence-corrected chi connectivity index (χ1v) is 7.59. The van der Waals surface area contributed by atoms with Crippen LogP contribution in [0.3, 0.4) is 0 Å². The summed E-state index contributed by atoms with van der Waals surface area (Å²) in [6.07, 6.45) is 6.63. The third-order valence-corrected chi connectivity index (χ3v) is 5.00. The van der Waals surface area contributed by atoms with Gasteiger partial charge in [-0.2, -0.15) is 0 Å². The van der Waals surface area contributed by atoms with Crippen molar-refractivity contribution >= 4 is 34.5 Å². The van der Waals surface area contributed by atoms with Crippen molar-refractivity contribution in [3.8, 4) is 11.1 Å². The molecule has 0 bridgehead atoms. The van der Waals surface area contributed by atoms with E-state index in [0.29, 0.717) is 0 Å². The summed E-state index contributed by atoms with van der Waals surface area (Å²) in [5.74, 6) is 0. The van der Waals surface area contributed by atoms with Gasteiger partial charge in [-0.25, -0.2) is 0 Å². The summed E-state index contributed by atoms with van der Waals surface area (Å²) >= 11 is 12.1. The van der Waals surface area contributed by atoms with Crippen LogP contribution in [0.15, 0.2) is 30.6 Å². The van der Waals surface area contributed by atoms with Crippen LogP contribution in [0.5, 0.6) is 0 Å². The number of pyridine rings is 1. The van der Waals surface area contributed by atoms with Gasteiger partial charge in [0.15, 0.2) is 0 Å². The zero-order chi connectivity index (χ0) is 13.7. The molecule has 0 aliphatic carbocycles. The third kappa shape index (κ3) is 1.70. The molecule has 1 aromatic heterocycles. The molecule has 2 aromatic rings. The quantitative estimate of drug-likeness (QED) is 0.740. The maximum atomic E-state index is 6.66. The number of hydrogen-bond acceptors (Lipinski definition) is 2. The number of rotatable bonds is 1. The predicted molar refractivity (Wildman–Crippen MR) is 86.7 cm³/mol. The minimum absolute atomic E-state index is 0.865. The molecule has 4 rings (SSSR count). The lowest BCUT2D eigenvalue weighted by molar-refractivity contribution is 0.943. The fourth-order valence-corrected chi connectivity index (χ4v) is 3.85. The lowest BCUT2D eigenvalue weighted by Gasteiger charge is -2.28. The van der Waals surface area contributed by atoms with Gasteiger partial charge in [0.2, 0.25) is 0 Å². The fourth-order valence-electron chi connectivity index (χ4n) is 3.21. The standard InChI is InChI=1S/C16H13ClN2S/c17-15-12-5-7-19-14(20)4-3-10(16(12)19)8-13(15)11-2-1-6-18-9-11/h1-2,6,8-9H,3-5,7H2. The highest BCUT2D eigenvalue weighted by atomic mass is 35.5. The number of anilines is 1. The van der Waals surface area contributed by atoms with Crippen LogP contribution in [-0.4, -0.2) is 16.5 Å². The number of benzene rings is 1. The van der Waals surface area contributed by atoms with Crippen LogP contribution in [0.4, 0.5) is 5.69 Å². The first kappa shape index (κ1) is 12.3. The second-order valence-corrected chi connectivity index (χ2v) is 6.11. The zero-order valence-electron chi connectivity index (χ0n) is 10.9. The largest absolute Gasteiger partial charge is 0.335 e. The summed E-state index contributed by atoms with van der Waals surface area (Å²) < 4.78 is 0. The molecule has 0 spiro atoms. The Hall–Kier alpha value is -1.45. The van der Waals surface area contributed by atoms with Crippen LogP contribution in [-0.2, 0) is 12.8 Å². The van der Waals surface area contributed by atoms with Gasteiger partial charge in [-0.15, -0.1) is 0 Å².